The zero-order chi connectivity index (χ0) is 43.6. The van der Waals surface area contributed by atoms with E-state index in [0.29, 0.717) is 12.8 Å². The van der Waals surface area contributed by atoms with Gasteiger partial charge in [-0.05, 0) is 38.5 Å². The fourth-order valence-electron chi connectivity index (χ4n) is 7.28. The Bertz CT molecular complexity index is 1090. The van der Waals surface area contributed by atoms with Crippen molar-refractivity contribution in [1.29, 1.82) is 0 Å². The molecule has 348 valence electrons. The van der Waals surface area contributed by atoms with Gasteiger partial charge in [-0.3, -0.25) is 18.6 Å². The molecule has 59 heavy (non-hydrogen) atoms. The smallest absolute Gasteiger partial charge is 0.462 e. The zero-order valence-corrected chi connectivity index (χ0v) is 37.7. The lowest BCUT2D eigenvalue weighted by molar-refractivity contribution is -0.220. The Morgan fingerprint density at radius 3 is 1.31 bits per heavy atom. The number of rotatable bonds is 39. The Kier molecular flexibility index (Phi) is 34.0. The standard InChI is InChI=1S/C45H85O13P/c1-3-5-7-9-11-13-15-17-19-21-23-25-27-29-31-33-38(46)55-35-37(36-56-59(53,54)58-45-43(51)41(49)40(48)42(50)44(45)52)57-39(47)34-32-30-28-26-24-22-20-18-16-14-12-10-8-6-4-2/h14,16,37,40-45,48-52H,3-13,15,17-36H2,1-2H3,(H,53,54)/b16-14+/t37-,40?,41-,42?,43?,44?,45?/m1/s1. The second kappa shape index (κ2) is 36.1. The van der Waals surface area contributed by atoms with Gasteiger partial charge in [0.25, 0.3) is 0 Å². The molecule has 0 amide bonds. The quantitative estimate of drug-likeness (QED) is 0.0148. The Morgan fingerprint density at radius 1 is 0.508 bits per heavy atom. The van der Waals surface area contributed by atoms with Crippen LogP contribution >= 0.6 is 7.82 Å². The van der Waals surface area contributed by atoms with E-state index < -0.39 is 75.7 Å². The first-order valence-corrected chi connectivity index (χ1v) is 25.0. The van der Waals surface area contributed by atoms with Gasteiger partial charge in [-0.25, -0.2) is 4.57 Å². The van der Waals surface area contributed by atoms with Crippen molar-refractivity contribution in [3.05, 3.63) is 12.2 Å². The summed E-state index contributed by atoms with van der Waals surface area (Å²) in [7, 11) is -5.11. The lowest BCUT2D eigenvalue weighted by Gasteiger charge is -2.41. The molecule has 13 nitrogen and oxygen atoms in total. The molecule has 1 saturated carbocycles. The van der Waals surface area contributed by atoms with Gasteiger partial charge in [0, 0.05) is 12.8 Å². The van der Waals surface area contributed by atoms with Crippen LogP contribution < -0.4 is 0 Å². The van der Waals surface area contributed by atoms with Crippen LogP contribution in [0.5, 0.6) is 0 Å². The van der Waals surface area contributed by atoms with E-state index in [0.717, 1.165) is 57.8 Å². The average molecular weight is 865 g/mol. The van der Waals surface area contributed by atoms with Crippen LogP contribution in [0.3, 0.4) is 0 Å². The first-order chi connectivity index (χ1) is 28.4. The predicted octanol–water partition coefficient (Wildman–Crippen LogP) is 9.06. The van der Waals surface area contributed by atoms with E-state index in [1.165, 1.54) is 109 Å². The first kappa shape index (κ1) is 55.6. The first-order valence-electron chi connectivity index (χ1n) is 23.5. The van der Waals surface area contributed by atoms with Gasteiger partial charge in [-0.1, -0.05) is 167 Å². The Morgan fingerprint density at radius 2 is 0.864 bits per heavy atom. The van der Waals surface area contributed by atoms with Gasteiger partial charge in [-0.2, -0.15) is 0 Å². The molecule has 0 radical (unpaired) electrons. The molecule has 1 aliphatic carbocycles. The van der Waals surface area contributed by atoms with Crippen LogP contribution in [0.15, 0.2) is 12.2 Å². The second-order valence-electron chi connectivity index (χ2n) is 16.6. The maximum Gasteiger partial charge on any atom is 0.472 e. The highest BCUT2D eigenvalue weighted by molar-refractivity contribution is 7.47. The third kappa shape index (κ3) is 28.7. The molecule has 0 aliphatic heterocycles. The molecule has 1 rings (SSSR count). The van der Waals surface area contributed by atoms with Crippen molar-refractivity contribution in [2.45, 2.75) is 249 Å². The van der Waals surface area contributed by atoms with Crippen molar-refractivity contribution >= 4 is 19.8 Å². The molecule has 8 atom stereocenters. The number of aliphatic hydroxyl groups excluding tert-OH is 5. The van der Waals surface area contributed by atoms with E-state index in [9.17, 15) is 44.6 Å². The van der Waals surface area contributed by atoms with E-state index in [1.54, 1.807) is 0 Å². The number of ether oxygens (including phenoxy) is 2. The predicted molar refractivity (Wildman–Crippen MR) is 231 cm³/mol. The molecule has 0 saturated heterocycles. The summed E-state index contributed by atoms with van der Waals surface area (Å²) in [5.74, 6) is -1.09. The molecule has 6 N–H and O–H groups in total. The van der Waals surface area contributed by atoms with Crippen molar-refractivity contribution in [3.8, 4) is 0 Å². The van der Waals surface area contributed by atoms with Gasteiger partial charge in [-0.15, -0.1) is 0 Å². The van der Waals surface area contributed by atoms with Crippen molar-refractivity contribution < 1.29 is 63.1 Å². The minimum atomic E-state index is -5.11. The number of unbranched alkanes of at least 4 members (excludes halogenated alkanes) is 25. The Labute approximate surface area is 356 Å². The van der Waals surface area contributed by atoms with E-state index in [4.69, 9.17) is 18.5 Å². The summed E-state index contributed by atoms with van der Waals surface area (Å²) in [5.41, 5.74) is 0. The molecular formula is C45H85O13P. The van der Waals surface area contributed by atoms with Gasteiger partial charge in [0.15, 0.2) is 6.10 Å². The van der Waals surface area contributed by atoms with E-state index in [2.05, 4.69) is 26.0 Å². The van der Waals surface area contributed by atoms with Crippen molar-refractivity contribution in [2.75, 3.05) is 13.2 Å². The summed E-state index contributed by atoms with van der Waals surface area (Å²) in [5, 5.41) is 50.1. The maximum atomic E-state index is 12.8. The van der Waals surface area contributed by atoms with Gasteiger partial charge >= 0.3 is 19.8 Å². The minimum absolute atomic E-state index is 0.0957. The summed E-state index contributed by atoms with van der Waals surface area (Å²) in [6.07, 6.45) is 24.0. The SMILES string of the molecule is CCCCCC/C=C/CCCCCCCCCC(=O)O[C@H](COC(=O)CCCCCCCCCCCCCCCCC)COP(=O)(O)OC1C(O)C(O)C(O)[C@@H](O)C1O. The summed E-state index contributed by atoms with van der Waals surface area (Å²) in [6.45, 7) is 3.30. The molecule has 0 heterocycles. The number of carbonyl (C=O) groups is 2. The van der Waals surface area contributed by atoms with Gasteiger partial charge in [0.05, 0.1) is 6.61 Å². The normalized spacial score (nSPS) is 22.4. The van der Waals surface area contributed by atoms with Crippen molar-refractivity contribution in [3.63, 3.8) is 0 Å². The number of aliphatic hydroxyl groups is 5. The molecule has 0 aromatic heterocycles. The Hall–Kier alpha value is -1.41. The highest BCUT2D eigenvalue weighted by Crippen LogP contribution is 2.47. The third-order valence-electron chi connectivity index (χ3n) is 11.1. The number of hydrogen-bond acceptors (Lipinski definition) is 12. The Balaban J connectivity index is 2.45. The van der Waals surface area contributed by atoms with Crippen molar-refractivity contribution in [2.24, 2.45) is 0 Å². The zero-order valence-electron chi connectivity index (χ0n) is 36.8. The number of esters is 2. The number of phosphoric acid groups is 1. The molecule has 14 heteroatoms. The summed E-state index contributed by atoms with van der Waals surface area (Å²) >= 11 is 0. The molecular weight excluding hydrogens is 779 g/mol. The summed E-state index contributed by atoms with van der Waals surface area (Å²) < 4.78 is 33.5. The van der Waals surface area contributed by atoms with Crippen LogP contribution in [-0.2, 0) is 32.7 Å². The van der Waals surface area contributed by atoms with Crippen LogP contribution in [0.25, 0.3) is 0 Å². The van der Waals surface area contributed by atoms with Crippen LogP contribution in [0.2, 0.25) is 0 Å². The molecule has 1 fully saturated rings. The van der Waals surface area contributed by atoms with Crippen LogP contribution in [0.4, 0.5) is 0 Å². The lowest BCUT2D eigenvalue weighted by Crippen LogP contribution is -2.64. The van der Waals surface area contributed by atoms with Crippen molar-refractivity contribution in [1.82, 2.24) is 0 Å². The fraction of sp³-hybridized carbons (Fsp3) is 0.911. The summed E-state index contributed by atoms with van der Waals surface area (Å²) in [6, 6.07) is 0. The maximum absolute atomic E-state index is 12.8. The van der Waals surface area contributed by atoms with Gasteiger partial charge < -0.3 is 39.9 Å². The molecule has 1 aliphatic rings. The second-order valence-corrected chi connectivity index (χ2v) is 18.0. The lowest BCUT2D eigenvalue weighted by atomic mass is 9.85. The highest BCUT2D eigenvalue weighted by atomic mass is 31.2. The third-order valence-corrected chi connectivity index (χ3v) is 12.1. The molecule has 0 bridgehead atoms. The van der Waals surface area contributed by atoms with Gasteiger partial charge in [0.2, 0.25) is 0 Å². The minimum Gasteiger partial charge on any atom is -0.462 e. The topological polar surface area (TPSA) is 210 Å². The summed E-state index contributed by atoms with van der Waals surface area (Å²) in [4.78, 5) is 35.7. The molecule has 6 unspecified atom stereocenters. The molecule has 0 spiro atoms. The molecule has 0 aromatic carbocycles. The number of hydrogen-bond donors (Lipinski definition) is 6. The van der Waals surface area contributed by atoms with E-state index in [1.807, 2.05) is 0 Å². The number of allylic oxidation sites excluding steroid dienone is 2. The van der Waals surface area contributed by atoms with E-state index in [-0.39, 0.29) is 12.8 Å². The fourth-order valence-corrected chi connectivity index (χ4v) is 8.26. The van der Waals surface area contributed by atoms with Crippen LogP contribution in [0.1, 0.15) is 206 Å². The molecule has 0 aromatic rings. The number of phosphoric ester groups is 1. The monoisotopic (exact) mass is 865 g/mol. The van der Waals surface area contributed by atoms with E-state index >= 15 is 0 Å². The number of carbonyl (C=O) groups excluding carboxylic acids is 2. The highest BCUT2D eigenvalue weighted by Gasteiger charge is 2.51. The average Bonchev–Trinajstić information content (AvgIpc) is 3.21. The van der Waals surface area contributed by atoms with Crippen LogP contribution in [-0.4, -0.2) is 98.3 Å². The van der Waals surface area contributed by atoms with Crippen LogP contribution in [0, 0.1) is 0 Å². The largest absolute Gasteiger partial charge is 0.472 e. The van der Waals surface area contributed by atoms with Gasteiger partial charge in [0.1, 0.15) is 43.2 Å².